The zero-order valence-corrected chi connectivity index (χ0v) is 19.4. The maximum absolute atomic E-state index is 13.0. The normalized spacial score (nSPS) is 19.9. The number of carbonyl (C=O) groups is 2. The van der Waals surface area contributed by atoms with Gasteiger partial charge in [0.1, 0.15) is 17.2 Å². The molecular weight excluding hydrogens is 440 g/mol. The average Bonchev–Trinajstić information content (AvgIpc) is 3.25. The maximum atomic E-state index is 13.0. The van der Waals surface area contributed by atoms with Gasteiger partial charge in [0.15, 0.2) is 0 Å². The molecule has 2 atom stereocenters. The quantitative estimate of drug-likeness (QED) is 0.603. The fraction of sp³-hybridized carbons (Fsp3) is 0.375. The number of ether oxygens (including phenoxy) is 2. The Morgan fingerprint density at radius 3 is 2.55 bits per heavy atom. The minimum absolute atomic E-state index is 0.0962. The number of nitrogens with zero attached hydrogens (tertiary/aromatic N) is 3. The number of rotatable bonds is 6. The Labute approximate surface area is 196 Å². The second-order valence-corrected chi connectivity index (χ2v) is 9.29. The van der Waals surface area contributed by atoms with Gasteiger partial charge in [-0.05, 0) is 42.1 Å². The largest absolute Gasteiger partial charge is 0.497 e. The van der Waals surface area contributed by atoms with Crippen molar-refractivity contribution < 1.29 is 19.1 Å². The molecule has 1 aromatic carbocycles. The van der Waals surface area contributed by atoms with Crippen LogP contribution in [0.1, 0.15) is 27.7 Å². The van der Waals surface area contributed by atoms with Gasteiger partial charge in [0.25, 0.3) is 5.91 Å². The van der Waals surface area contributed by atoms with E-state index < -0.39 is 0 Å². The van der Waals surface area contributed by atoms with Crippen molar-refractivity contribution in [1.29, 1.82) is 0 Å². The number of nitrogens with one attached hydrogen (secondary N) is 1. The van der Waals surface area contributed by atoms with Crippen LogP contribution in [0.3, 0.4) is 0 Å². The first-order chi connectivity index (χ1) is 16.1. The smallest absolute Gasteiger partial charge is 0.272 e. The third-order valence-electron chi connectivity index (χ3n) is 6.39. The van der Waals surface area contributed by atoms with Crippen molar-refractivity contribution >= 4 is 23.2 Å². The van der Waals surface area contributed by atoms with Crippen LogP contribution in [0.15, 0.2) is 41.8 Å². The maximum Gasteiger partial charge on any atom is 0.272 e. The lowest BCUT2D eigenvalue weighted by atomic mass is 10.1. The lowest BCUT2D eigenvalue weighted by Gasteiger charge is -2.34. The lowest BCUT2D eigenvalue weighted by Crippen LogP contribution is -2.51. The van der Waals surface area contributed by atoms with E-state index in [1.54, 1.807) is 36.5 Å². The molecule has 1 saturated heterocycles. The van der Waals surface area contributed by atoms with Gasteiger partial charge in [-0.3, -0.25) is 14.7 Å². The minimum atomic E-state index is -0.120. The van der Waals surface area contributed by atoms with Crippen LogP contribution in [0.2, 0.25) is 0 Å². The van der Waals surface area contributed by atoms with Gasteiger partial charge in [-0.15, -0.1) is 11.3 Å². The van der Waals surface area contributed by atoms with Crippen LogP contribution in [-0.4, -0.2) is 72.2 Å². The summed E-state index contributed by atoms with van der Waals surface area (Å²) in [4.78, 5) is 30.9. The van der Waals surface area contributed by atoms with Gasteiger partial charge in [-0.2, -0.15) is 5.10 Å². The Hall–Kier alpha value is -3.33. The van der Waals surface area contributed by atoms with Gasteiger partial charge in [0, 0.05) is 48.5 Å². The molecule has 2 aromatic heterocycles. The van der Waals surface area contributed by atoms with Gasteiger partial charge in [-0.25, -0.2) is 0 Å². The number of hydrogen-bond acceptors (Lipinski definition) is 6. The highest BCUT2D eigenvalue weighted by Crippen LogP contribution is 2.50. The fourth-order valence-corrected chi connectivity index (χ4v) is 5.31. The molecule has 33 heavy (non-hydrogen) atoms. The number of aromatic amines is 1. The summed E-state index contributed by atoms with van der Waals surface area (Å²) in [6, 6.07) is 11.3. The zero-order valence-electron chi connectivity index (χ0n) is 18.6. The number of aromatic nitrogens is 2. The van der Waals surface area contributed by atoms with Crippen LogP contribution in [0.5, 0.6) is 11.5 Å². The SMILES string of the molecule is COc1ccc(OC)c(-c2cc(C(=O)N3CCN(C(=O)[C@@H]4C[C@H]4c4cccs4)CC3)[nH]n2)c1. The van der Waals surface area contributed by atoms with Crippen molar-refractivity contribution in [2.24, 2.45) is 5.92 Å². The van der Waals surface area contributed by atoms with Crippen LogP contribution < -0.4 is 9.47 Å². The first-order valence-corrected chi connectivity index (χ1v) is 11.9. The van der Waals surface area contributed by atoms with Crippen molar-refractivity contribution in [3.63, 3.8) is 0 Å². The predicted molar refractivity (Wildman–Crippen MR) is 125 cm³/mol. The van der Waals surface area contributed by atoms with Gasteiger partial charge in [0.2, 0.25) is 5.91 Å². The van der Waals surface area contributed by atoms with E-state index in [9.17, 15) is 9.59 Å². The van der Waals surface area contributed by atoms with Crippen LogP contribution in [0.25, 0.3) is 11.3 Å². The standard InChI is InChI=1S/C24H26N4O4S/c1-31-15-5-6-21(32-2)18(12-15)19-14-20(26-25-19)24(30)28-9-7-27(8-10-28)23(29)17-13-16(17)22-4-3-11-33-22/h3-6,11-12,14,16-17H,7-10,13H2,1-2H3,(H,25,26)/t16-,17-/m1/s1. The molecule has 1 aliphatic heterocycles. The molecule has 2 amide bonds. The molecule has 8 nitrogen and oxygen atoms in total. The van der Waals surface area contributed by atoms with Crippen molar-refractivity contribution in [3.8, 4) is 22.8 Å². The second-order valence-electron chi connectivity index (χ2n) is 8.31. The summed E-state index contributed by atoms with van der Waals surface area (Å²) in [6.45, 7) is 2.14. The number of carbonyl (C=O) groups excluding carboxylic acids is 2. The van der Waals surface area contributed by atoms with Crippen LogP contribution in [0.4, 0.5) is 0 Å². The molecular formula is C24H26N4O4S. The number of methoxy groups -OCH3 is 2. The summed E-state index contributed by atoms with van der Waals surface area (Å²) >= 11 is 1.72. The molecule has 2 aliphatic rings. The Morgan fingerprint density at radius 2 is 1.85 bits per heavy atom. The van der Waals surface area contributed by atoms with E-state index in [4.69, 9.17) is 9.47 Å². The van der Waals surface area contributed by atoms with Crippen LogP contribution in [-0.2, 0) is 4.79 Å². The molecule has 0 bridgehead atoms. The monoisotopic (exact) mass is 466 g/mol. The summed E-state index contributed by atoms with van der Waals surface area (Å²) < 4.78 is 10.7. The molecule has 1 aliphatic carbocycles. The summed E-state index contributed by atoms with van der Waals surface area (Å²) in [6.07, 6.45) is 0.934. The molecule has 2 fully saturated rings. The van der Waals surface area contributed by atoms with E-state index in [1.165, 1.54) is 4.88 Å². The van der Waals surface area contributed by atoms with Gasteiger partial charge in [0.05, 0.1) is 19.9 Å². The molecule has 5 rings (SSSR count). The first kappa shape index (κ1) is 21.5. The summed E-state index contributed by atoms with van der Waals surface area (Å²) in [5, 5.41) is 9.24. The van der Waals surface area contributed by atoms with Crippen molar-refractivity contribution in [1.82, 2.24) is 20.0 Å². The number of benzene rings is 1. The Kier molecular flexibility index (Phi) is 5.80. The second kappa shape index (κ2) is 8.90. The van der Waals surface area contributed by atoms with Crippen LogP contribution >= 0.6 is 11.3 Å². The Bertz CT molecular complexity index is 1150. The summed E-state index contributed by atoms with van der Waals surface area (Å²) in [5.41, 5.74) is 1.76. The predicted octanol–water partition coefficient (Wildman–Crippen LogP) is 3.24. The lowest BCUT2D eigenvalue weighted by molar-refractivity contribution is -0.134. The number of amides is 2. The summed E-state index contributed by atoms with van der Waals surface area (Å²) in [7, 11) is 3.19. The van der Waals surface area contributed by atoms with Gasteiger partial charge in [-0.1, -0.05) is 6.07 Å². The first-order valence-electron chi connectivity index (χ1n) is 11.0. The Morgan fingerprint density at radius 1 is 1.06 bits per heavy atom. The molecule has 3 heterocycles. The van der Waals surface area contributed by atoms with Crippen molar-refractivity contribution in [3.05, 3.63) is 52.3 Å². The fourth-order valence-electron chi connectivity index (χ4n) is 4.40. The Balaban J connectivity index is 1.21. The highest BCUT2D eigenvalue weighted by molar-refractivity contribution is 7.10. The molecule has 9 heteroatoms. The number of piperazine rings is 1. The van der Waals surface area contributed by atoms with E-state index in [1.807, 2.05) is 29.2 Å². The number of thiophene rings is 1. The van der Waals surface area contributed by atoms with Crippen molar-refractivity contribution in [2.45, 2.75) is 12.3 Å². The highest BCUT2D eigenvalue weighted by Gasteiger charge is 2.46. The average molecular weight is 467 g/mol. The van der Waals surface area contributed by atoms with E-state index in [0.29, 0.717) is 55.0 Å². The molecule has 0 radical (unpaired) electrons. The number of hydrogen-bond donors (Lipinski definition) is 1. The van der Waals surface area contributed by atoms with E-state index in [2.05, 4.69) is 21.6 Å². The van der Waals surface area contributed by atoms with Gasteiger partial charge < -0.3 is 19.3 Å². The number of H-pyrrole nitrogens is 1. The van der Waals surface area contributed by atoms with Gasteiger partial charge >= 0.3 is 0 Å². The molecule has 3 aromatic rings. The van der Waals surface area contributed by atoms with E-state index >= 15 is 0 Å². The molecule has 0 spiro atoms. The third kappa shape index (κ3) is 4.20. The molecule has 172 valence electrons. The minimum Gasteiger partial charge on any atom is -0.497 e. The van der Waals surface area contributed by atoms with E-state index in [0.717, 1.165) is 12.0 Å². The molecule has 1 saturated carbocycles. The van der Waals surface area contributed by atoms with Crippen LogP contribution in [0, 0.1) is 5.92 Å². The summed E-state index contributed by atoms with van der Waals surface area (Å²) in [5.74, 6) is 1.89. The molecule has 1 N–H and O–H groups in total. The molecule has 0 unspecified atom stereocenters. The van der Waals surface area contributed by atoms with Crippen molar-refractivity contribution in [2.75, 3.05) is 40.4 Å². The zero-order chi connectivity index (χ0) is 22.9. The third-order valence-corrected chi connectivity index (χ3v) is 7.39. The van der Waals surface area contributed by atoms with E-state index in [-0.39, 0.29) is 17.7 Å². The topological polar surface area (TPSA) is 87.8 Å². The highest BCUT2D eigenvalue weighted by atomic mass is 32.1.